The van der Waals surface area contributed by atoms with Crippen LogP contribution in [0.4, 0.5) is 5.69 Å². The first-order valence-electron chi connectivity index (χ1n) is 6.32. The second-order valence-corrected chi connectivity index (χ2v) is 4.84. The Bertz CT molecular complexity index is 384. The second-order valence-electron chi connectivity index (χ2n) is 4.84. The van der Waals surface area contributed by atoms with Crippen LogP contribution in [0.15, 0.2) is 12.1 Å². The highest BCUT2D eigenvalue weighted by Crippen LogP contribution is 2.18. The fourth-order valence-corrected chi connectivity index (χ4v) is 2.27. The molecule has 1 fully saturated rings. The quantitative estimate of drug-likeness (QED) is 0.810. The first kappa shape index (κ1) is 12.4. The summed E-state index contributed by atoms with van der Waals surface area (Å²) in [6.45, 7) is 9.21. The van der Waals surface area contributed by atoms with Crippen LogP contribution in [-0.4, -0.2) is 37.7 Å². The van der Waals surface area contributed by atoms with Crippen molar-refractivity contribution in [2.45, 2.75) is 20.3 Å². The zero-order valence-electron chi connectivity index (χ0n) is 10.8. The van der Waals surface area contributed by atoms with Crippen molar-refractivity contribution < 1.29 is 4.74 Å². The summed E-state index contributed by atoms with van der Waals surface area (Å²) >= 11 is 0. The molecule has 0 amide bonds. The van der Waals surface area contributed by atoms with E-state index in [9.17, 15) is 0 Å². The molecule has 17 heavy (non-hydrogen) atoms. The van der Waals surface area contributed by atoms with Crippen LogP contribution in [0.3, 0.4) is 0 Å². The molecule has 0 radical (unpaired) electrons. The Balaban J connectivity index is 1.96. The number of rotatable bonds is 3. The van der Waals surface area contributed by atoms with E-state index >= 15 is 0 Å². The molecule has 94 valence electrons. The van der Waals surface area contributed by atoms with Gasteiger partial charge < -0.3 is 10.5 Å². The third-order valence-electron chi connectivity index (χ3n) is 3.53. The smallest absolute Gasteiger partial charge is 0.0594 e. The number of aryl methyl sites for hydroxylation is 2. The molecule has 1 aliphatic rings. The highest BCUT2D eigenvalue weighted by atomic mass is 16.5. The van der Waals surface area contributed by atoms with Crippen molar-refractivity contribution in [1.82, 2.24) is 4.90 Å². The lowest BCUT2D eigenvalue weighted by molar-refractivity contribution is 0.0384. The maximum Gasteiger partial charge on any atom is 0.0594 e. The molecule has 1 saturated heterocycles. The number of hydrogen-bond donors (Lipinski definition) is 1. The van der Waals surface area contributed by atoms with Crippen LogP contribution in [-0.2, 0) is 11.2 Å². The molecule has 0 aromatic heterocycles. The zero-order valence-corrected chi connectivity index (χ0v) is 10.8. The van der Waals surface area contributed by atoms with Crippen molar-refractivity contribution in [3.05, 3.63) is 28.8 Å². The van der Waals surface area contributed by atoms with Gasteiger partial charge in [0.25, 0.3) is 0 Å². The van der Waals surface area contributed by atoms with Gasteiger partial charge in [-0.1, -0.05) is 6.07 Å². The van der Waals surface area contributed by atoms with Gasteiger partial charge in [-0.05, 0) is 43.0 Å². The van der Waals surface area contributed by atoms with Crippen LogP contribution in [0, 0.1) is 13.8 Å². The van der Waals surface area contributed by atoms with Crippen LogP contribution in [0.5, 0.6) is 0 Å². The average molecular weight is 234 g/mol. The zero-order chi connectivity index (χ0) is 12.3. The average Bonchev–Trinajstić information content (AvgIpc) is 2.33. The van der Waals surface area contributed by atoms with Gasteiger partial charge >= 0.3 is 0 Å². The molecule has 1 aromatic rings. The van der Waals surface area contributed by atoms with Crippen molar-refractivity contribution in [1.29, 1.82) is 0 Å². The maximum absolute atomic E-state index is 5.90. The molecule has 1 heterocycles. The minimum Gasteiger partial charge on any atom is -0.399 e. The van der Waals surface area contributed by atoms with Crippen molar-refractivity contribution >= 4 is 5.69 Å². The largest absolute Gasteiger partial charge is 0.399 e. The van der Waals surface area contributed by atoms with Gasteiger partial charge in [-0.15, -0.1) is 0 Å². The summed E-state index contributed by atoms with van der Waals surface area (Å²) in [7, 11) is 0. The van der Waals surface area contributed by atoms with E-state index in [0.29, 0.717) is 0 Å². The van der Waals surface area contributed by atoms with E-state index in [1.54, 1.807) is 0 Å². The summed E-state index contributed by atoms with van der Waals surface area (Å²) in [5.41, 5.74) is 10.7. The van der Waals surface area contributed by atoms with E-state index in [4.69, 9.17) is 10.5 Å². The van der Waals surface area contributed by atoms with Gasteiger partial charge in [0.15, 0.2) is 0 Å². The Morgan fingerprint density at radius 3 is 2.59 bits per heavy atom. The Labute approximate surface area is 104 Å². The van der Waals surface area contributed by atoms with Crippen molar-refractivity contribution in [3.8, 4) is 0 Å². The molecular weight excluding hydrogens is 212 g/mol. The second kappa shape index (κ2) is 5.52. The van der Waals surface area contributed by atoms with Gasteiger partial charge in [0.2, 0.25) is 0 Å². The summed E-state index contributed by atoms with van der Waals surface area (Å²) in [5, 5.41) is 0. The number of nitrogens with two attached hydrogens (primary N) is 1. The van der Waals surface area contributed by atoms with Gasteiger partial charge in [0.05, 0.1) is 13.2 Å². The maximum atomic E-state index is 5.90. The molecule has 0 unspecified atom stereocenters. The molecule has 3 heteroatoms. The fraction of sp³-hybridized carbons (Fsp3) is 0.571. The van der Waals surface area contributed by atoms with Crippen LogP contribution < -0.4 is 5.73 Å². The summed E-state index contributed by atoms with van der Waals surface area (Å²) in [6, 6.07) is 4.31. The Morgan fingerprint density at radius 2 is 1.88 bits per heavy atom. The van der Waals surface area contributed by atoms with Crippen LogP contribution in [0.2, 0.25) is 0 Å². The molecule has 3 nitrogen and oxygen atoms in total. The lowest BCUT2D eigenvalue weighted by atomic mass is 10.0. The van der Waals surface area contributed by atoms with Crippen molar-refractivity contribution in [3.63, 3.8) is 0 Å². The molecule has 0 aliphatic carbocycles. The molecule has 0 atom stereocenters. The molecule has 1 aromatic carbocycles. The van der Waals surface area contributed by atoms with Crippen molar-refractivity contribution in [2.24, 2.45) is 0 Å². The number of nitrogen functional groups attached to an aromatic ring is 1. The van der Waals surface area contributed by atoms with E-state index in [-0.39, 0.29) is 0 Å². The lowest BCUT2D eigenvalue weighted by Gasteiger charge is -2.26. The van der Waals surface area contributed by atoms with E-state index in [0.717, 1.165) is 45.0 Å². The summed E-state index contributed by atoms with van der Waals surface area (Å²) < 4.78 is 5.35. The standard InChI is InChI=1S/C14H22N2O/c1-11-10-14(15)12(2)9-13(11)3-4-16-5-7-17-8-6-16/h9-10H,3-8,15H2,1-2H3. The monoisotopic (exact) mass is 234 g/mol. The number of morpholine rings is 1. The van der Waals surface area contributed by atoms with Gasteiger partial charge in [-0.3, -0.25) is 4.90 Å². The molecule has 0 spiro atoms. The molecule has 2 rings (SSSR count). The van der Waals surface area contributed by atoms with Gasteiger partial charge in [-0.25, -0.2) is 0 Å². The third kappa shape index (κ3) is 3.20. The Morgan fingerprint density at radius 1 is 1.18 bits per heavy atom. The lowest BCUT2D eigenvalue weighted by Crippen LogP contribution is -2.37. The summed E-state index contributed by atoms with van der Waals surface area (Å²) in [4.78, 5) is 2.47. The first-order chi connectivity index (χ1) is 8.16. The highest BCUT2D eigenvalue weighted by Gasteiger charge is 2.10. The number of ether oxygens (including phenoxy) is 1. The SMILES string of the molecule is Cc1cc(CCN2CCOCC2)c(C)cc1N. The minimum absolute atomic E-state index is 0.875. The van der Waals surface area contributed by atoms with Crippen LogP contribution >= 0.6 is 0 Å². The van der Waals surface area contributed by atoms with Crippen molar-refractivity contribution in [2.75, 3.05) is 38.6 Å². The van der Waals surface area contributed by atoms with Gasteiger partial charge in [0, 0.05) is 25.3 Å². The van der Waals surface area contributed by atoms with E-state index < -0.39 is 0 Å². The highest BCUT2D eigenvalue weighted by molar-refractivity contribution is 5.51. The Kier molecular flexibility index (Phi) is 4.02. The predicted octanol–water partition coefficient (Wildman–Crippen LogP) is 1.76. The molecular formula is C14H22N2O. The predicted molar refractivity (Wildman–Crippen MR) is 71.3 cm³/mol. The fourth-order valence-electron chi connectivity index (χ4n) is 2.27. The summed E-state index contributed by atoms with van der Waals surface area (Å²) in [5.74, 6) is 0. The van der Waals surface area contributed by atoms with Gasteiger partial charge in [0.1, 0.15) is 0 Å². The van der Waals surface area contributed by atoms with Gasteiger partial charge in [-0.2, -0.15) is 0 Å². The van der Waals surface area contributed by atoms with E-state index in [1.165, 1.54) is 16.7 Å². The van der Waals surface area contributed by atoms with E-state index in [2.05, 4.69) is 30.9 Å². The molecule has 2 N–H and O–H groups in total. The topological polar surface area (TPSA) is 38.5 Å². The summed E-state index contributed by atoms with van der Waals surface area (Å²) in [6.07, 6.45) is 1.10. The number of hydrogen-bond acceptors (Lipinski definition) is 3. The normalized spacial score (nSPS) is 17.3. The third-order valence-corrected chi connectivity index (χ3v) is 3.53. The molecule has 0 saturated carbocycles. The minimum atomic E-state index is 0.875. The molecule has 1 aliphatic heterocycles. The number of benzene rings is 1. The Hall–Kier alpha value is -1.06. The molecule has 0 bridgehead atoms. The number of anilines is 1. The van der Waals surface area contributed by atoms with Crippen LogP contribution in [0.1, 0.15) is 16.7 Å². The van der Waals surface area contributed by atoms with Crippen LogP contribution in [0.25, 0.3) is 0 Å². The number of nitrogens with zero attached hydrogens (tertiary/aromatic N) is 1. The van der Waals surface area contributed by atoms with E-state index in [1.807, 2.05) is 0 Å². The first-order valence-corrected chi connectivity index (χ1v) is 6.32.